The molecule has 6 aromatic rings. The van der Waals surface area contributed by atoms with E-state index >= 15 is 0 Å². The maximum absolute atomic E-state index is 2.31. The summed E-state index contributed by atoms with van der Waals surface area (Å²) < 4.78 is 4.61. The number of para-hydroxylation sites is 4. The van der Waals surface area contributed by atoms with E-state index in [1.165, 1.54) is 54.7 Å². The van der Waals surface area contributed by atoms with E-state index in [4.69, 9.17) is 0 Å². The molecule has 0 bridgehead atoms. The predicted octanol–water partition coefficient (Wildman–Crippen LogP) is -0.377. The molecule has 0 aliphatic rings. The van der Waals surface area contributed by atoms with Crippen molar-refractivity contribution < 1.29 is 33.9 Å². The molecule has 0 spiro atoms. The lowest BCUT2D eigenvalue weighted by Gasteiger charge is -2.14. The van der Waals surface area contributed by atoms with Crippen molar-refractivity contribution in [1.82, 2.24) is 0 Å². The highest BCUT2D eigenvalue weighted by molar-refractivity contribution is 6.18. The molecule has 4 aromatic carbocycles. The van der Waals surface area contributed by atoms with Gasteiger partial charge in [-0.3, -0.25) is 0 Å². The maximum Gasteiger partial charge on any atom is 0.213 e. The summed E-state index contributed by atoms with van der Waals surface area (Å²) in [4.78, 5) is 0. The molecule has 0 radical (unpaired) electrons. The molecule has 6 rings (SSSR count). The minimum absolute atomic E-state index is 0. The Hall–Kier alpha value is -3.20. The first-order valence-electron chi connectivity index (χ1n) is 10.3. The first-order chi connectivity index (χ1) is 14.8. The molecule has 2 aromatic heterocycles. The fraction of sp³-hybridized carbons (Fsp3) is 0.0714. The van der Waals surface area contributed by atoms with Crippen molar-refractivity contribution in [2.45, 2.75) is 0 Å². The van der Waals surface area contributed by atoms with Crippen molar-refractivity contribution in [3.8, 4) is 11.1 Å². The quantitative estimate of drug-likeness (QED) is 0.235. The van der Waals surface area contributed by atoms with Gasteiger partial charge < -0.3 is 24.8 Å². The summed E-state index contributed by atoms with van der Waals surface area (Å²) in [5, 5.41) is 5.12. The number of hydrogen-bond donors (Lipinski definition) is 0. The molecule has 0 N–H and O–H groups in total. The fourth-order valence-electron chi connectivity index (χ4n) is 5.00. The van der Waals surface area contributed by atoms with E-state index < -0.39 is 0 Å². The molecule has 0 saturated carbocycles. The molecule has 158 valence electrons. The van der Waals surface area contributed by atoms with Crippen molar-refractivity contribution in [3.63, 3.8) is 0 Å². The SMILES string of the molecule is C[n+]1c2ccccc2c(-c2c3ccccc3[n+](C)c3ccccc23)c2ccccc21.[Cl-].[Cl-]. The average molecular weight is 457 g/mol. The Bertz CT molecular complexity index is 1390. The summed E-state index contributed by atoms with van der Waals surface area (Å²) in [5.74, 6) is 0. The molecular formula is C28H22Cl2N2. The van der Waals surface area contributed by atoms with Crippen LogP contribution in [0, 0.1) is 0 Å². The Labute approximate surface area is 199 Å². The normalized spacial score (nSPS) is 10.9. The lowest BCUT2D eigenvalue weighted by molar-refractivity contribution is -0.617. The maximum atomic E-state index is 2.31. The largest absolute Gasteiger partial charge is 1.00 e. The number of rotatable bonds is 1. The number of nitrogens with zero attached hydrogens (tertiary/aromatic N) is 2. The number of hydrogen-bond acceptors (Lipinski definition) is 0. The summed E-state index contributed by atoms with van der Waals surface area (Å²) in [6, 6.07) is 35.0. The first-order valence-corrected chi connectivity index (χ1v) is 10.3. The molecule has 4 heteroatoms. The smallest absolute Gasteiger partial charge is 0.213 e. The minimum Gasteiger partial charge on any atom is -1.00 e. The van der Waals surface area contributed by atoms with Gasteiger partial charge in [0.1, 0.15) is 14.1 Å². The number of aromatic nitrogens is 2. The molecule has 0 saturated heterocycles. The second kappa shape index (κ2) is 8.38. The van der Waals surface area contributed by atoms with Gasteiger partial charge in [-0.1, -0.05) is 48.5 Å². The average Bonchev–Trinajstić information content (AvgIpc) is 2.81. The van der Waals surface area contributed by atoms with Crippen LogP contribution in [0.15, 0.2) is 97.1 Å². The molecular weight excluding hydrogens is 435 g/mol. The molecule has 2 nitrogen and oxygen atoms in total. The van der Waals surface area contributed by atoms with Gasteiger partial charge in [-0.25, -0.2) is 0 Å². The molecule has 0 fully saturated rings. The third-order valence-electron chi connectivity index (χ3n) is 6.39. The van der Waals surface area contributed by atoms with Gasteiger partial charge in [0.25, 0.3) is 0 Å². The van der Waals surface area contributed by atoms with Crippen molar-refractivity contribution in [2.75, 3.05) is 0 Å². The minimum atomic E-state index is 0. The first kappa shape index (κ1) is 22.0. The van der Waals surface area contributed by atoms with E-state index in [0.717, 1.165) is 0 Å². The highest BCUT2D eigenvalue weighted by Crippen LogP contribution is 2.40. The Morgan fingerprint density at radius 2 is 0.594 bits per heavy atom. The zero-order valence-electron chi connectivity index (χ0n) is 17.9. The lowest BCUT2D eigenvalue weighted by Crippen LogP contribution is -3.00. The highest BCUT2D eigenvalue weighted by atomic mass is 35.5. The lowest BCUT2D eigenvalue weighted by atomic mass is 9.90. The van der Waals surface area contributed by atoms with Crippen molar-refractivity contribution in [3.05, 3.63) is 97.1 Å². The second-order valence-corrected chi connectivity index (χ2v) is 7.94. The summed E-state index contributed by atoms with van der Waals surface area (Å²) in [7, 11) is 4.32. The van der Waals surface area contributed by atoms with Crippen LogP contribution in [0.2, 0.25) is 0 Å². The van der Waals surface area contributed by atoms with Gasteiger partial charge >= 0.3 is 0 Å². The van der Waals surface area contributed by atoms with Crippen LogP contribution in [0.3, 0.4) is 0 Å². The van der Waals surface area contributed by atoms with Crippen LogP contribution in [0.4, 0.5) is 0 Å². The van der Waals surface area contributed by atoms with Crippen LogP contribution < -0.4 is 33.9 Å². The van der Waals surface area contributed by atoms with Crippen LogP contribution in [0.1, 0.15) is 0 Å². The van der Waals surface area contributed by atoms with E-state index in [0.29, 0.717) is 0 Å². The molecule has 0 aliphatic heterocycles. The van der Waals surface area contributed by atoms with Crippen molar-refractivity contribution >= 4 is 43.6 Å². The van der Waals surface area contributed by atoms with Gasteiger partial charge in [-0.15, -0.1) is 0 Å². The number of pyridine rings is 2. The van der Waals surface area contributed by atoms with Crippen molar-refractivity contribution in [2.24, 2.45) is 14.1 Å². The van der Waals surface area contributed by atoms with Gasteiger partial charge in [0.05, 0.1) is 21.5 Å². The van der Waals surface area contributed by atoms with Gasteiger partial charge in [0.2, 0.25) is 22.1 Å². The molecule has 0 amide bonds. The van der Waals surface area contributed by atoms with Crippen LogP contribution in [-0.4, -0.2) is 0 Å². The van der Waals surface area contributed by atoms with Crippen LogP contribution in [-0.2, 0) is 14.1 Å². The fourth-order valence-corrected chi connectivity index (χ4v) is 5.00. The number of fused-ring (bicyclic) bond motifs is 4. The number of benzene rings is 4. The zero-order valence-corrected chi connectivity index (χ0v) is 19.4. The zero-order chi connectivity index (χ0) is 20.2. The van der Waals surface area contributed by atoms with Gasteiger partial charge in [0.15, 0.2) is 0 Å². The van der Waals surface area contributed by atoms with Crippen LogP contribution in [0.5, 0.6) is 0 Å². The van der Waals surface area contributed by atoms with Crippen LogP contribution in [0.25, 0.3) is 54.7 Å². The Balaban J connectivity index is 0.00000122. The Morgan fingerprint density at radius 1 is 0.375 bits per heavy atom. The van der Waals surface area contributed by atoms with Gasteiger partial charge in [-0.05, 0) is 24.3 Å². The third-order valence-corrected chi connectivity index (χ3v) is 6.39. The number of aryl methyl sites for hydroxylation is 2. The Kier molecular flexibility index (Phi) is 5.77. The summed E-state index contributed by atoms with van der Waals surface area (Å²) in [6.45, 7) is 0. The molecule has 32 heavy (non-hydrogen) atoms. The van der Waals surface area contributed by atoms with E-state index in [9.17, 15) is 0 Å². The van der Waals surface area contributed by atoms with Crippen molar-refractivity contribution in [1.29, 1.82) is 0 Å². The van der Waals surface area contributed by atoms with E-state index in [2.05, 4.69) is 120 Å². The van der Waals surface area contributed by atoms with Gasteiger partial charge in [-0.2, -0.15) is 9.13 Å². The monoisotopic (exact) mass is 456 g/mol. The second-order valence-electron chi connectivity index (χ2n) is 7.94. The summed E-state index contributed by atoms with van der Waals surface area (Å²) in [5.41, 5.74) is 7.60. The van der Waals surface area contributed by atoms with E-state index in [1.807, 2.05) is 0 Å². The van der Waals surface area contributed by atoms with Gasteiger partial charge in [0, 0.05) is 35.4 Å². The summed E-state index contributed by atoms with van der Waals surface area (Å²) in [6.07, 6.45) is 0. The topological polar surface area (TPSA) is 7.76 Å². The molecule has 0 aliphatic carbocycles. The highest BCUT2D eigenvalue weighted by Gasteiger charge is 2.24. The summed E-state index contributed by atoms with van der Waals surface area (Å²) >= 11 is 0. The third kappa shape index (κ3) is 3.02. The van der Waals surface area contributed by atoms with E-state index in [-0.39, 0.29) is 24.8 Å². The van der Waals surface area contributed by atoms with Crippen LogP contribution >= 0.6 is 0 Å². The molecule has 2 heterocycles. The van der Waals surface area contributed by atoms with E-state index in [1.54, 1.807) is 0 Å². The predicted molar refractivity (Wildman–Crippen MR) is 124 cm³/mol. The Morgan fingerprint density at radius 3 is 0.844 bits per heavy atom. The molecule has 0 unspecified atom stereocenters. The molecule has 0 atom stereocenters. The number of halogens is 2. The standard InChI is InChI=1S/C28H22N2.2ClH/c1-29-23-15-7-3-11-19(23)27(20-12-4-8-16-24(20)29)28-21-13-5-9-17-25(21)30(2)26-18-10-6-14-22(26)28;;/h3-18H,1-2H3;2*1H/q+2;;/p-2.